The minimum absolute atomic E-state index is 0.109. The van der Waals surface area contributed by atoms with Crippen LogP contribution in [0.15, 0.2) is 30.7 Å². The lowest BCUT2D eigenvalue weighted by molar-refractivity contribution is -0.147. The number of fused-ring (bicyclic) bond motifs is 1. The highest BCUT2D eigenvalue weighted by Gasteiger charge is 2.30. The average Bonchev–Trinajstić information content (AvgIpc) is 3.00. The standard InChI is InChI=1S/C15H18N4O3/c1-11(20)19-6-7-22-10-13(19)15(21)17-9-12-2-4-18-5-3-16-14(18)8-12/h2-5,8,13H,6-7,9-10H2,1H3,(H,17,21). The first-order valence-electron chi connectivity index (χ1n) is 7.19. The van der Waals surface area contributed by atoms with Crippen LogP contribution in [0.25, 0.3) is 5.65 Å². The van der Waals surface area contributed by atoms with Crippen molar-refractivity contribution >= 4 is 17.5 Å². The van der Waals surface area contributed by atoms with Crippen LogP contribution in [0.5, 0.6) is 0 Å². The molecule has 0 saturated carbocycles. The van der Waals surface area contributed by atoms with Crippen molar-refractivity contribution in [1.29, 1.82) is 0 Å². The van der Waals surface area contributed by atoms with E-state index in [9.17, 15) is 9.59 Å². The fraction of sp³-hybridized carbons (Fsp3) is 0.400. The molecule has 0 aliphatic carbocycles. The second-order valence-electron chi connectivity index (χ2n) is 5.25. The fourth-order valence-electron chi connectivity index (χ4n) is 2.57. The van der Waals surface area contributed by atoms with Crippen molar-refractivity contribution in [3.63, 3.8) is 0 Å². The van der Waals surface area contributed by atoms with E-state index in [1.807, 2.05) is 28.9 Å². The van der Waals surface area contributed by atoms with Crippen LogP contribution in [0.3, 0.4) is 0 Å². The highest BCUT2D eigenvalue weighted by atomic mass is 16.5. The Labute approximate surface area is 127 Å². The number of hydrogen-bond acceptors (Lipinski definition) is 4. The van der Waals surface area contributed by atoms with Gasteiger partial charge in [0.15, 0.2) is 0 Å². The van der Waals surface area contributed by atoms with E-state index in [4.69, 9.17) is 4.74 Å². The van der Waals surface area contributed by atoms with E-state index >= 15 is 0 Å². The van der Waals surface area contributed by atoms with Gasteiger partial charge in [-0.3, -0.25) is 9.59 Å². The molecular weight excluding hydrogens is 284 g/mol. The van der Waals surface area contributed by atoms with Gasteiger partial charge in [-0.25, -0.2) is 4.98 Å². The van der Waals surface area contributed by atoms with Crippen molar-refractivity contribution in [2.45, 2.75) is 19.5 Å². The van der Waals surface area contributed by atoms with Crippen molar-refractivity contribution in [3.8, 4) is 0 Å². The summed E-state index contributed by atoms with van der Waals surface area (Å²) in [5.41, 5.74) is 1.79. The number of aromatic nitrogens is 2. The van der Waals surface area contributed by atoms with Gasteiger partial charge in [0.2, 0.25) is 11.8 Å². The summed E-state index contributed by atoms with van der Waals surface area (Å²) in [7, 11) is 0. The minimum atomic E-state index is -0.554. The van der Waals surface area contributed by atoms with E-state index in [1.54, 1.807) is 11.1 Å². The quantitative estimate of drug-likeness (QED) is 0.878. The maximum atomic E-state index is 12.3. The zero-order chi connectivity index (χ0) is 15.5. The number of carbonyl (C=O) groups is 2. The molecular formula is C15H18N4O3. The molecule has 1 N–H and O–H groups in total. The Bertz CT molecular complexity index is 697. The number of ether oxygens (including phenoxy) is 1. The maximum Gasteiger partial charge on any atom is 0.245 e. The Hall–Kier alpha value is -2.41. The Kier molecular flexibility index (Phi) is 4.06. The van der Waals surface area contributed by atoms with E-state index in [-0.39, 0.29) is 18.4 Å². The molecule has 22 heavy (non-hydrogen) atoms. The van der Waals surface area contributed by atoms with Crippen molar-refractivity contribution in [3.05, 3.63) is 36.3 Å². The first-order chi connectivity index (χ1) is 10.6. The average molecular weight is 302 g/mol. The summed E-state index contributed by atoms with van der Waals surface area (Å²) in [4.78, 5) is 29.6. The van der Waals surface area contributed by atoms with Crippen LogP contribution in [0, 0.1) is 0 Å². The van der Waals surface area contributed by atoms with Gasteiger partial charge in [0.1, 0.15) is 11.7 Å². The molecule has 3 heterocycles. The van der Waals surface area contributed by atoms with Crippen LogP contribution >= 0.6 is 0 Å². The van der Waals surface area contributed by atoms with Gasteiger partial charge in [0.25, 0.3) is 0 Å². The number of rotatable bonds is 3. The summed E-state index contributed by atoms with van der Waals surface area (Å²) in [6.07, 6.45) is 5.49. The number of nitrogens with one attached hydrogen (secondary N) is 1. The summed E-state index contributed by atoms with van der Waals surface area (Å²) in [6, 6.07) is 3.29. The lowest BCUT2D eigenvalue weighted by Gasteiger charge is -2.33. The van der Waals surface area contributed by atoms with Crippen molar-refractivity contribution < 1.29 is 14.3 Å². The molecule has 2 aromatic rings. The SMILES string of the molecule is CC(=O)N1CCOCC1C(=O)NCc1ccn2ccnc2c1. The van der Waals surface area contributed by atoms with Gasteiger partial charge in [-0.05, 0) is 17.7 Å². The zero-order valence-electron chi connectivity index (χ0n) is 12.4. The Morgan fingerprint density at radius 2 is 2.32 bits per heavy atom. The molecule has 0 bridgehead atoms. The Balaban J connectivity index is 1.64. The number of pyridine rings is 1. The monoisotopic (exact) mass is 302 g/mol. The van der Waals surface area contributed by atoms with Crippen LogP contribution in [-0.4, -0.2) is 51.9 Å². The third-order valence-electron chi connectivity index (χ3n) is 3.76. The first kappa shape index (κ1) is 14.5. The van der Waals surface area contributed by atoms with Gasteiger partial charge in [-0.15, -0.1) is 0 Å². The van der Waals surface area contributed by atoms with Crippen LogP contribution in [0.4, 0.5) is 0 Å². The van der Waals surface area contributed by atoms with E-state index in [0.717, 1.165) is 11.2 Å². The number of amides is 2. The summed E-state index contributed by atoms with van der Waals surface area (Å²) in [6.45, 7) is 3.03. The van der Waals surface area contributed by atoms with Gasteiger partial charge in [-0.1, -0.05) is 0 Å². The Morgan fingerprint density at radius 1 is 1.45 bits per heavy atom. The topological polar surface area (TPSA) is 75.9 Å². The van der Waals surface area contributed by atoms with Gasteiger partial charge in [0.05, 0.1) is 13.2 Å². The predicted octanol–water partition coefficient (Wildman–Crippen LogP) is 0.198. The summed E-state index contributed by atoms with van der Waals surface area (Å²) >= 11 is 0. The van der Waals surface area contributed by atoms with Crippen molar-refractivity contribution in [2.24, 2.45) is 0 Å². The largest absolute Gasteiger partial charge is 0.377 e. The molecule has 0 aromatic carbocycles. The molecule has 116 valence electrons. The molecule has 0 spiro atoms. The molecule has 7 nitrogen and oxygen atoms in total. The van der Waals surface area contributed by atoms with E-state index in [0.29, 0.717) is 19.7 Å². The zero-order valence-corrected chi connectivity index (χ0v) is 12.4. The number of hydrogen-bond donors (Lipinski definition) is 1. The lowest BCUT2D eigenvalue weighted by atomic mass is 10.2. The number of nitrogens with zero attached hydrogens (tertiary/aromatic N) is 3. The summed E-state index contributed by atoms with van der Waals surface area (Å²) in [5.74, 6) is -0.305. The van der Waals surface area contributed by atoms with Gasteiger partial charge in [0, 0.05) is 38.6 Å². The van der Waals surface area contributed by atoms with Crippen molar-refractivity contribution in [1.82, 2.24) is 19.6 Å². The molecule has 2 amide bonds. The third-order valence-corrected chi connectivity index (χ3v) is 3.76. The van der Waals surface area contributed by atoms with Crippen LogP contribution in [-0.2, 0) is 20.9 Å². The van der Waals surface area contributed by atoms with E-state index < -0.39 is 6.04 Å². The van der Waals surface area contributed by atoms with Crippen LogP contribution in [0.1, 0.15) is 12.5 Å². The van der Waals surface area contributed by atoms with Gasteiger partial charge >= 0.3 is 0 Å². The molecule has 1 atom stereocenters. The molecule has 0 radical (unpaired) electrons. The van der Waals surface area contributed by atoms with E-state index in [1.165, 1.54) is 6.92 Å². The summed E-state index contributed by atoms with van der Waals surface area (Å²) < 4.78 is 7.22. The number of carbonyl (C=O) groups excluding carboxylic acids is 2. The first-order valence-corrected chi connectivity index (χ1v) is 7.19. The van der Waals surface area contributed by atoms with Gasteiger partial charge < -0.3 is 19.4 Å². The molecule has 1 unspecified atom stereocenters. The fourth-order valence-corrected chi connectivity index (χ4v) is 2.57. The molecule has 7 heteroatoms. The molecule has 1 aliphatic heterocycles. The second-order valence-corrected chi connectivity index (χ2v) is 5.25. The minimum Gasteiger partial charge on any atom is -0.377 e. The van der Waals surface area contributed by atoms with Gasteiger partial charge in [-0.2, -0.15) is 0 Å². The molecule has 1 fully saturated rings. The Morgan fingerprint density at radius 3 is 3.14 bits per heavy atom. The third kappa shape index (κ3) is 2.94. The molecule has 2 aromatic heterocycles. The smallest absolute Gasteiger partial charge is 0.245 e. The summed E-state index contributed by atoms with van der Waals surface area (Å²) in [5, 5.41) is 2.86. The second kappa shape index (κ2) is 6.15. The van der Waals surface area contributed by atoms with Crippen LogP contribution < -0.4 is 5.32 Å². The molecule has 1 saturated heterocycles. The highest BCUT2D eigenvalue weighted by molar-refractivity contribution is 5.87. The highest BCUT2D eigenvalue weighted by Crippen LogP contribution is 2.09. The molecule has 3 rings (SSSR count). The maximum absolute atomic E-state index is 12.3. The normalized spacial score (nSPS) is 18.4. The lowest BCUT2D eigenvalue weighted by Crippen LogP contribution is -2.55. The number of imidazole rings is 1. The van der Waals surface area contributed by atoms with Crippen LogP contribution in [0.2, 0.25) is 0 Å². The number of morpholine rings is 1. The van der Waals surface area contributed by atoms with E-state index in [2.05, 4.69) is 10.3 Å². The predicted molar refractivity (Wildman–Crippen MR) is 79.0 cm³/mol. The molecule has 1 aliphatic rings. The van der Waals surface area contributed by atoms with Crippen molar-refractivity contribution in [2.75, 3.05) is 19.8 Å².